The largest absolute Gasteiger partial charge is 0.298 e. The molecular formula is C9H18BrNO2S. The Labute approximate surface area is 95.2 Å². The Morgan fingerprint density at radius 1 is 1.50 bits per heavy atom. The molecule has 5 heteroatoms. The Morgan fingerprint density at radius 3 is 2.21 bits per heavy atom. The van der Waals surface area contributed by atoms with Crippen LogP contribution in [0.1, 0.15) is 13.8 Å². The summed E-state index contributed by atoms with van der Waals surface area (Å²) in [4.78, 5) is 1.96. The minimum atomic E-state index is -2.97. The molecule has 0 aliphatic heterocycles. The van der Waals surface area contributed by atoms with E-state index in [9.17, 15) is 8.42 Å². The van der Waals surface area contributed by atoms with E-state index >= 15 is 0 Å². The molecule has 84 valence electrons. The van der Waals surface area contributed by atoms with Gasteiger partial charge in [0.15, 0.2) is 9.84 Å². The number of halogens is 1. The molecule has 14 heavy (non-hydrogen) atoms. The summed E-state index contributed by atoms with van der Waals surface area (Å²) in [6.45, 7) is 8.01. The van der Waals surface area contributed by atoms with Gasteiger partial charge in [-0.1, -0.05) is 22.5 Å². The minimum Gasteiger partial charge on any atom is -0.298 e. The van der Waals surface area contributed by atoms with E-state index in [4.69, 9.17) is 0 Å². The molecule has 0 N–H and O–H groups in total. The lowest BCUT2D eigenvalue weighted by Crippen LogP contribution is -2.41. The molecule has 0 amide bonds. The van der Waals surface area contributed by atoms with Gasteiger partial charge in [-0.2, -0.15) is 0 Å². The van der Waals surface area contributed by atoms with Gasteiger partial charge >= 0.3 is 0 Å². The van der Waals surface area contributed by atoms with Crippen LogP contribution in [0.15, 0.2) is 11.1 Å². The second-order valence-electron chi connectivity index (χ2n) is 3.71. The van der Waals surface area contributed by atoms with Gasteiger partial charge in [0.05, 0.1) is 5.25 Å². The first-order chi connectivity index (χ1) is 6.16. The number of rotatable bonds is 5. The molecule has 0 saturated heterocycles. The van der Waals surface area contributed by atoms with Crippen molar-refractivity contribution in [3.63, 3.8) is 0 Å². The molecular weight excluding hydrogens is 266 g/mol. The molecule has 2 atom stereocenters. The predicted molar refractivity (Wildman–Crippen MR) is 64.5 cm³/mol. The molecule has 0 aliphatic rings. The Kier molecular flexibility index (Phi) is 5.33. The summed E-state index contributed by atoms with van der Waals surface area (Å²) in [5, 5.41) is -0.362. The third-order valence-electron chi connectivity index (χ3n) is 2.47. The zero-order valence-electron chi connectivity index (χ0n) is 9.12. The molecule has 0 spiro atoms. The van der Waals surface area contributed by atoms with Crippen molar-refractivity contribution in [2.24, 2.45) is 0 Å². The predicted octanol–water partition coefficient (Wildman–Crippen LogP) is 1.65. The molecule has 0 aliphatic carbocycles. The van der Waals surface area contributed by atoms with Crippen LogP contribution in [-0.2, 0) is 9.84 Å². The molecule has 0 unspecified atom stereocenters. The molecule has 0 aromatic rings. The van der Waals surface area contributed by atoms with Crippen molar-refractivity contribution in [1.29, 1.82) is 0 Å². The molecule has 0 rings (SSSR count). The van der Waals surface area contributed by atoms with Gasteiger partial charge in [0.1, 0.15) is 0 Å². The highest BCUT2D eigenvalue weighted by Crippen LogP contribution is 2.12. The topological polar surface area (TPSA) is 37.4 Å². The number of likely N-dealkylation sites (N-methyl/N-ethyl adjacent to an activating group) is 1. The van der Waals surface area contributed by atoms with Gasteiger partial charge in [-0.15, -0.1) is 0 Å². The fourth-order valence-corrected chi connectivity index (χ4v) is 2.45. The normalized spacial score (nSPS) is 16.7. The lowest BCUT2D eigenvalue weighted by molar-refractivity contribution is 0.278. The summed E-state index contributed by atoms with van der Waals surface area (Å²) in [6, 6.07) is -0.0145. The molecule has 0 fully saturated rings. The summed E-state index contributed by atoms with van der Waals surface area (Å²) in [5.74, 6) is 0. The van der Waals surface area contributed by atoms with Crippen LogP contribution in [0, 0.1) is 0 Å². The zero-order chi connectivity index (χ0) is 11.5. The Morgan fingerprint density at radius 2 is 1.93 bits per heavy atom. The Hall–Kier alpha value is 0.130. The first-order valence-electron chi connectivity index (χ1n) is 4.38. The zero-order valence-corrected chi connectivity index (χ0v) is 11.5. The maximum atomic E-state index is 11.3. The lowest BCUT2D eigenvalue weighted by Gasteiger charge is -2.28. The average molecular weight is 284 g/mol. The smallest absolute Gasteiger partial charge is 0.151 e. The van der Waals surface area contributed by atoms with Crippen LogP contribution in [0.25, 0.3) is 0 Å². The number of hydrogen-bond donors (Lipinski definition) is 0. The van der Waals surface area contributed by atoms with Crippen LogP contribution in [0.4, 0.5) is 0 Å². The van der Waals surface area contributed by atoms with Gasteiger partial charge in [0.25, 0.3) is 0 Å². The minimum absolute atomic E-state index is 0.0145. The standard InChI is InChI=1S/C9H18BrNO2S/c1-7(10)6-11(4)8(2)9(3)14(5,12)13/h8-9H,1,6H2,2-5H3/t8-,9-/m1/s1. The van der Waals surface area contributed by atoms with Gasteiger partial charge in [-0.3, -0.25) is 4.90 Å². The molecule has 0 heterocycles. The summed E-state index contributed by atoms with van der Waals surface area (Å²) in [6.07, 6.45) is 1.27. The van der Waals surface area contributed by atoms with E-state index in [2.05, 4.69) is 22.5 Å². The summed E-state index contributed by atoms with van der Waals surface area (Å²) >= 11 is 3.26. The molecule has 3 nitrogen and oxygen atoms in total. The van der Waals surface area contributed by atoms with Gasteiger partial charge < -0.3 is 0 Å². The fourth-order valence-electron chi connectivity index (χ4n) is 1.13. The second kappa shape index (κ2) is 5.28. The summed E-state index contributed by atoms with van der Waals surface area (Å²) in [5.41, 5.74) is 0. The van der Waals surface area contributed by atoms with Crippen LogP contribution in [0.3, 0.4) is 0 Å². The van der Waals surface area contributed by atoms with Crippen molar-refractivity contribution in [3.05, 3.63) is 11.1 Å². The van der Waals surface area contributed by atoms with Gasteiger partial charge in [0, 0.05) is 23.3 Å². The van der Waals surface area contributed by atoms with Crippen LogP contribution in [-0.4, -0.2) is 44.5 Å². The van der Waals surface area contributed by atoms with Gasteiger partial charge in [0.2, 0.25) is 0 Å². The lowest BCUT2D eigenvalue weighted by atomic mass is 10.2. The van der Waals surface area contributed by atoms with Crippen molar-refractivity contribution in [2.45, 2.75) is 25.1 Å². The maximum absolute atomic E-state index is 11.3. The van der Waals surface area contributed by atoms with Crippen LogP contribution in [0.5, 0.6) is 0 Å². The van der Waals surface area contributed by atoms with E-state index < -0.39 is 9.84 Å². The van der Waals surface area contributed by atoms with E-state index in [1.165, 1.54) is 6.26 Å². The summed E-state index contributed by atoms with van der Waals surface area (Å²) < 4.78 is 23.5. The number of sulfone groups is 1. The van der Waals surface area contributed by atoms with Crippen molar-refractivity contribution in [3.8, 4) is 0 Å². The fraction of sp³-hybridized carbons (Fsp3) is 0.778. The molecule has 0 radical (unpaired) electrons. The average Bonchev–Trinajstić information content (AvgIpc) is 1.98. The van der Waals surface area contributed by atoms with E-state index in [1.54, 1.807) is 6.92 Å². The number of nitrogens with zero attached hydrogens (tertiary/aromatic N) is 1. The van der Waals surface area contributed by atoms with Crippen LogP contribution in [0.2, 0.25) is 0 Å². The van der Waals surface area contributed by atoms with E-state index in [0.717, 1.165) is 4.48 Å². The molecule has 0 saturated carbocycles. The van der Waals surface area contributed by atoms with Crippen molar-refractivity contribution in [2.75, 3.05) is 19.8 Å². The first kappa shape index (κ1) is 14.1. The van der Waals surface area contributed by atoms with Crippen molar-refractivity contribution < 1.29 is 8.42 Å². The van der Waals surface area contributed by atoms with Crippen molar-refractivity contribution in [1.82, 2.24) is 4.90 Å². The van der Waals surface area contributed by atoms with E-state index in [1.807, 2.05) is 18.9 Å². The molecule has 0 aromatic heterocycles. The highest BCUT2D eigenvalue weighted by Gasteiger charge is 2.25. The Bertz CT molecular complexity index is 300. The quantitative estimate of drug-likeness (QED) is 0.770. The van der Waals surface area contributed by atoms with Crippen molar-refractivity contribution >= 4 is 25.8 Å². The SMILES string of the molecule is C=C(Br)CN(C)[C@H](C)[C@@H](C)S(C)(=O)=O. The van der Waals surface area contributed by atoms with Gasteiger partial charge in [-0.05, 0) is 20.9 Å². The van der Waals surface area contributed by atoms with E-state index in [-0.39, 0.29) is 11.3 Å². The van der Waals surface area contributed by atoms with Crippen LogP contribution < -0.4 is 0 Å². The molecule has 0 bridgehead atoms. The first-order valence-corrected chi connectivity index (χ1v) is 7.13. The highest BCUT2D eigenvalue weighted by atomic mass is 79.9. The molecule has 0 aromatic carbocycles. The third kappa shape index (κ3) is 4.57. The Balaban J connectivity index is 4.47. The van der Waals surface area contributed by atoms with E-state index in [0.29, 0.717) is 6.54 Å². The maximum Gasteiger partial charge on any atom is 0.151 e. The highest BCUT2D eigenvalue weighted by molar-refractivity contribution is 9.11. The second-order valence-corrected chi connectivity index (χ2v) is 7.23. The number of hydrogen-bond acceptors (Lipinski definition) is 3. The van der Waals surface area contributed by atoms with Gasteiger partial charge in [-0.25, -0.2) is 8.42 Å². The van der Waals surface area contributed by atoms with Crippen LogP contribution >= 0.6 is 15.9 Å². The summed E-state index contributed by atoms with van der Waals surface area (Å²) in [7, 11) is -1.08. The third-order valence-corrected chi connectivity index (χ3v) is 4.47. The monoisotopic (exact) mass is 283 g/mol.